The second-order valence-corrected chi connectivity index (χ2v) is 4.80. The van der Waals surface area contributed by atoms with E-state index in [1.165, 1.54) is 6.42 Å². The van der Waals surface area contributed by atoms with Gasteiger partial charge in [-0.1, -0.05) is 27.2 Å². The molecule has 17 heavy (non-hydrogen) atoms. The van der Waals surface area contributed by atoms with Crippen molar-refractivity contribution >= 4 is 0 Å². The van der Waals surface area contributed by atoms with Crippen LogP contribution in [0.1, 0.15) is 44.8 Å². The largest absolute Gasteiger partial charge is 0.465 e. The van der Waals surface area contributed by atoms with Crippen LogP contribution in [0.3, 0.4) is 0 Å². The van der Waals surface area contributed by atoms with E-state index in [0.717, 1.165) is 24.6 Å². The van der Waals surface area contributed by atoms with Crippen molar-refractivity contribution in [1.82, 2.24) is 4.90 Å². The van der Waals surface area contributed by atoms with Crippen molar-refractivity contribution in [2.75, 3.05) is 19.6 Å². The molecular formula is C14H26N2O. The Bertz CT molecular complexity index is 322. The summed E-state index contributed by atoms with van der Waals surface area (Å²) in [7, 11) is 0. The lowest BCUT2D eigenvalue weighted by atomic mass is 10.1. The lowest BCUT2D eigenvalue weighted by molar-refractivity contribution is 0.162. The Kier molecular flexibility index (Phi) is 5.72. The summed E-state index contributed by atoms with van der Waals surface area (Å²) >= 11 is 0. The van der Waals surface area contributed by atoms with Crippen LogP contribution in [0.5, 0.6) is 0 Å². The van der Waals surface area contributed by atoms with Crippen LogP contribution >= 0.6 is 0 Å². The monoisotopic (exact) mass is 238 g/mol. The van der Waals surface area contributed by atoms with Gasteiger partial charge in [0.2, 0.25) is 0 Å². The molecule has 0 aliphatic heterocycles. The van der Waals surface area contributed by atoms with Crippen LogP contribution < -0.4 is 5.73 Å². The second-order valence-electron chi connectivity index (χ2n) is 4.80. The van der Waals surface area contributed by atoms with Crippen molar-refractivity contribution in [3.63, 3.8) is 0 Å². The minimum Gasteiger partial charge on any atom is -0.465 e. The number of likely N-dealkylation sites (N-methyl/N-ethyl adjacent to an activating group) is 1. The third-order valence-electron chi connectivity index (χ3n) is 3.40. The Balaban J connectivity index is 2.76. The molecule has 1 aromatic rings. The first-order valence-electron chi connectivity index (χ1n) is 6.62. The molecule has 0 amide bonds. The summed E-state index contributed by atoms with van der Waals surface area (Å²) in [6, 6.07) is 4.27. The maximum Gasteiger partial charge on any atom is 0.122 e. The van der Waals surface area contributed by atoms with Gasteiger partial charge in [0, 0.05) is 13.1 Å². The van der Waals surface area contributed by atoms with Gasteiger partial charge in [0.25, 0.3) is 0 Å². The first-order valence-corrected chi connectivity index (χ1v) is 6.62. The SMILES string of the molecule is CCC(C)CN(CC)C(CN)c1ccc(C)o1. The minimum atomic E-state index is 0.211. The van der Waals surface area contributed by atoms with E-state index in [2.05, 4.69) is 25.7 Å². The lowest BCUT2D eigenvalue weighted by Gasteiger charge is -2.30. The highest BCUT2D eigenvalue weighted by Gasteiger charge is 2.21. The Morgan fingerprint density at radius 3 is 2.47 bits per heavy atom. The van der Waals surface area contributed by atoms with Gasteiger partial charge in [-0.3, -0.25) is 4.90 Å². The predicted octanol–water partition coefficient (Wildman–Crippen LogP) is 2.96. The quantitative estimate of drug-likeness (QED) is 0.794. The molecule has 0 fully saturated rings. The standard InChI is InChI=1S/C14H26N2O/c1-5-11(3)10-16(6-2)13(9-15)14-8-7-12(4)17-14/h7-8,11,13H,5-6,9-10,15H2,1-4H3. The number of furan rings is 1. The Morgan fingerprint density at radius 2 is 2.06 bits per heavy atom. The molecule has 2 N–H and O–H groups in total. The fourth-order valence-electron chi connectivity index (χ4n) is 2.08. The molecule has 2 atom stereocenters. The molecule has 3 nitrogen and oxygen atoms in total. The van der Waals surface area contributed by atoms with Crippen molar-refractivity contribution in [2.45, 2.75) is 40.2 Å². The minimum absolute atomic E-state index is 0.211. The molecule has 0 aliphatic carbocycles. The molecule has 98 valence electrons. The summed E-state index contributed by atoms with van der Waals surface area (Å²) < 4.78 is 5.71. The van der Waals surface area contributed by atoms with E-state index in [-0.39, 0.29) is 6.04 Å². The molecular weight excluding hydrogens is 212 g/mol. The average molecular weight is 238 g/mol. The predicted molar refractivity (Wildman–Crippen MR) is 71.9 cm³/mol. The van der Waals surface area contributed by atoms with Crippen molar-refractivity contribution < 1.29 is 4.42 Å². The number of nitrogens with zero attached hydrogens (tertiary/aromatic N) is 1. The Morgan fingerprint density at radius 1 is 1.35 bits per heavy atom. The molecule has 0 saturated heterocycles. The van der Waals surface area contributed by atoms with E-state index in [0.29, 0.717) is 12.5 Å². The fourth-order valence-corrected chi connectivity index (χ4v) is 2.08. The molecule has 0 bridgehead atoms. The molecule has 0 spiro atoms. The fraction of sp³-hybridized carbons (Fsp3) is 0.714. The van der Waals surface area contributed by atoms with Gasteiger partial charge in [0.1, 0.15) is 11.5 Å². The van der Waals surface area contributed by atoms with Crippen LogP contribution in [0.4, 0.5) is 0 Å². The van der Waals surface area contributed by atoms with Crippen molar-refractivity contribution in [3.8, 4) is 0 Å². The molecule has 1 aromatic heterocycles. The number of hydrogen-bond donors (Lipinski definition) is 1. The van der Waals surface area contributed by atoms with Crippen molar-refractivity contribution in [1.29, 1.82) is 0 Å². The maximum atomic E-state index is 5.91. The first kappa shape index (κ1) is 14.3. The second kappa shape index (κ2) is 6.82. The molecule has 1 rings (SSSR count). The van der Waals surface area contributed by atoms with E-state index in [4.69, 9.17) is 10.2 Å². The summed E-state index contributed by atoms with van der Waals surface area (Å²) in [4.78, 5) is 2.41. The van der Waals surface area contributed by atoms with E-state index in [9.17, 15) is 0 Å². The molecule has 3 heteroatoms. The van der Waals surface area contributed by atoms with E-state index in [1.54, 1.807) is 0 Å². The van der Waals surface area contributed by atoms with Crippen LogP contribution in [0.25, 0.3) is 0 Å². The number of rotatable bonds is 7. The summed E-state index contributed by atoms with van der Waals surface area (Å²) in [5.41, 5.74) is 5.91. The highest BCUT2D eigenvalue weighted by atomic mass is 16.3. The van der Waals surface area contributed by atoms with Crippen LogP contribution in [0.15, 0.2) is 16.5 Å². The van der Waals surface area contributed by atoms with Gasteiger partial charge in [-0.15, -0.1) is 0 Å². The summed E-state index contributed by atoms with van der Waals surface area (Å²) in [6.07, 6.45) is 1.20. The summed E-state index contributed by atoms with van der Waals surface area (Å²) in [5, 5.41) is 0. The number of hydrogen-bond acceptors (Lipinski definition) is 3. The van der Waals surface area contributed by atoms with E-state index >= 15 is 0 Å². The zero-order valence-corrected chi connectivity index (χ0v) is 11.6. The molecule has 2 unspecified atom stereocenters. The van der Waals surface area contributed by atoms with Gasteiger partial charge >= 0.3 is 0 Å². The highest BCUT2D eigenvalue weighted by Crippen LogP contribution is 2.23. The third kappa shape index (κ3) is 3.86. The average Bonchev–Trinajstić information content (AvgIpc) is 2.75. The van der Waals surface area contributed by atoms with E-state index < -0.39 is 0 Å². The van der Waals surface area contributed by atoms with Gasteiger partial charge < -0.3 is 10.2 Å². The van der Waals surface area contributed by atoms with Crippen molar-refractivity contribution in [3.05, 3.63) is 23.7 Å². The van der Waals surface area contributed by atoms with Crippen LogP contribution in [0, 0.1) is 12.8 Å². The molecule has 0 saturated carbocycles. The van der Waals surface area contributed by atoms with Gasteiger partial charge in [0.05, 0.1) is 6.04 Å². The smallest absolute Gasteiger partial charge is 0.122 e. The normalized spacial score (nSPS) is 15.2. The van der Waals surface area contributed by atoms with E-state index in [1.807, 2.05) is 19.1 Å². The zero-order valence-electron chi connectivity index (χ0n) is 11.6. The van der Waals surface area contributed by atoms with Gasteiger partial charge in [-0.05, 0) is 31.5 Å². The molecule has 1 heterocycles. The summed E-state index contributed by atoms with van der Waals surface area (Å²) in [5.74, 6) is 2.65. The van der Waals surface area contributed by atoms with Gasteiger partial charge in [0.15, 0.2) is 0 Å². The van der Waals surface area contributed by atoms with Crippen LogP contribution in [-0.2, 0) is 0 Å². The molecule has 0 radical (unpaired) electrons. The van der Waals surface area contributed by atoms with Crippen LogP contribution in [0.2, 0.25) is 0 Å². The molecule has 0 aromatic carbocycles. The Labute approximate surface area is 105 Å². The van der Waals surface area contributed by atoms with Crippen molar-refractivity contribution in [2.24, 2.45) is 11.7 Å². The maximum absolute atomic E-state index is 5.91. The topological polar surface area (TPSA) is 42.4 Å². The van der Waals surface area contributed by atoms with Crippen LogP contribution in [-0.4, -0.2) is 24.5 Å². The molecule has 0 aliphatic rings. The summed E-state index contributed by atoms with van der Waals surface area (Å²) in [6.45, 7) is 11.4. The number of aryl methyl sites for hydroxylation is 1. The highest BCUT2D eigenvalue weighted by molar-refractivity contribution is 5.10. The third-order valence-corrected chi connectivity index (χ3v) is 3.40. The zero-order chi connectivity index (χ0) is 12.8. The first-order chi connectivity index (χ1) is 8.12. The lowest BCUT2D eigenvalue weighted by Crippen LogP contribution is -2.36. The van der Waals surface area contributed by atoms with Gasteiger partial charge in [-0.2, -0.15) is 0 Å². The number of nitrogens with two attached hydrogens (primary N) is 1. The van der Waals surface area contributed by atoms with Gasteiger partial charge in [-0.25, -0.2) is 0 Å². The Hall–Kier alpha value is -0.800.